The van der Waals surface area contributed by atoms with E-state index in [0.29, 0.717) is 11.4 Å². The third-order valence-electron chi connectivity index (χ3n) is 4.09. The van der Waals surface area contributed by atoms with E-state index >= 15 is 0 Å². The number of sulfonamides is 1. The van der Waals surface area contributed by atoms with Gasteiger partial charge in [-0.15, -0.1) is 0 Å². The van der Waals surface area contributed by atoms with Crippen molar-refractivity contribution in [1.29, 1.82) is 0 Å². The maximum Gasteiger partial charge on any atom is 0.262 e. The highest BCUT2D eigenvalue weighted by molar-refractivity contribution is 7.92. The second-order valence-electron chi connectivity index (χ2n) is 5.67. The standard InChI is InChI=1S/C18H20N2O5S/c1-20-8-7-12-9-13(5-6-15(12)20)19-26(21,22)14-10-16(23-2)18(25-4)17(11-14)24-3/h5-11,19H,1-4H3. The molecule has 0 saturated heterocycles. The smallest absolute Gasteiger partial charge is 0.262 e. The molecule has 1 aromatic heterocycles. The summed E-state index contributed by atoms with van der Waals surface area (Å²) in [5, 5.41) is 0.942. The van der Waals surface area contributed by atoms with Crippen molar-refractivity contribution in [1.82, 2.24) is 4.57 Å². The van der Waals surface area contributed by atoms with Crippen LogP contribution in [0.15, 0.2) is 47.5 Å². The summed E-state index contributed by atoms with van der Waals surface area (Å²) in [7, 11) is 2.43. The lowest BCUT2D eigenvalue weighted by Crippen LogP contribution is -2.13. The Balaban J connectivity index is 2.01. The predicted molar refractivity (Wildman–Crippen MR) is 99.8 cm³/mol. The molecule has 1 N–H and O–H groups in total. The Hall–Kier alpha value is -2.87. The van der Waals surface area contributed by atoms with E-state index in [9.17, 15) is 8.42 Å². The average Bonchev–Trinajstić information content (AvgIpc) is 3.00. The number of anilines is 1. The first kappa shape index (κ1) is 17.9. The third-order valence-corrected chi connectivity index (χ3v) is 5.45. The van der Waals surface area contributed by atoms with Crippen LogP contribution >= 0.6 is 0 Å². The minimum atomic E-state index is -3.84. The molecular formula is C18H20N2O5S. The molecular weight excluding hydrogens is 356 g/mol. The van der Waals surface area contributed by atoms with Crippen molar-refractivity contribution in [2.75, 3.05) is 26.1 Å². The van der Waals surface area contributed by atoms with Gasteiger partial charge in [0.05, 0.1) is 26.2 Å². The van der Waals surface area contributed by atoms with Crippen LogP contribution in [0.1, 0.15) is 0 Å². The van der Waals surface area contributed by atoms with Crippen molar-refractivity contribution >= 4 is 26.6 Å². The summed E-state index contributed by atoms with van der Waals surface area (Å²) in [6.45, 7) is 0. The van der Waals surface area contributed by atoms with Gasteiger partial charge < -0.3 is 18.8 Å². The first-order chi connectivity index (χ1) is 12.4. The summed E-state index contributed by atoms with van der Waals surface area (Å²) >= 11 is 0. The highest BCUT2D eigenvalue weighted by Gasteiger charge is 2.21. The topological polar surface area (TPSA) is 78.8 Å². The van der Waals surface area contributed by atoms with Crippen LogP contribution in [-0.2, 0) is 17.1 Å². The van der Waals surface area contributed by atoms with Gasteiger partial charge in [-0.25, -0.2) is 8.42 Å². The van der Waals surface area contributed by atoms with E-state index in [-0.39, 0.29) is 16.4 Å². The fourth-order valence-corrected chi connectivity index (χ4v) is 3.85. The Labute approximate surface area is 152 Å². The molecule has 3 aromatic rings. The fourth-order valence-electron chi connectivity index (χ4n) is 2.77. The zero-order valence-electron chi connectivity index (χ0n) is 14.9. The number of nitrogens with zero attached hydrogens (tertiary/aromatic N) is 1. The van der Waals surface area contributed by atoms with Crippen molar-refractivity contribution in [2.24, 2.45) is 7.05 Å². The van der Waals surface area contributed by atoms with E-state index in [1.807, 2.05) is 29.9 Å². The lowest BCUT2D eigenvalue weighted by Gasteiger charge is -2.15. The zero-order valence-corrected chi connectivity index (χ0v) is 15.8. The van der Waals surface area contributed by atoms with E-state index in [4.69, 9.17) is 14.2 Å². The Bertz CT molecular complexity index is 1030. The second-order valence-corrected chi connectivity index (χ2v) is 7.35. The van der Waals surface area contributed by atoms with E-state index in [1.165, 1.54) is 33.5 Å². The van der Waals surface area contributed by atoms with Crippen LogP contribution < -0.4 is 18.9 Å². The molecule has 0 spiro atoms. The van der Waals surface area contributed by atoms with Gasteiger partial charge in [0.1, 0.15) is 0 Å². The molecule has 8 heteroatoms. The molecule has 0 aliphatic rings. The number of ether oxygens (including phenoxy) is 3. The number of hydrogen-bond acceptors (Lipinski definition) is 5. The molecule has 138 valence electrons. The van der Waals surface area contributed by atoms with E-state index < -0.39 is 10.0 Å². The lowest BCUT2D eigenvalue weighted by atomic mass is 10.2. The van der Waals surface area contributed by atoms with Crippen LogP contribution in [0.3, 0.4) is 0 Å². The summed E-state index contributed by atoms with van der Waals surface area (Å²) in [6.07, 6.45) is 1.92. The first-order valence-corrected chi connectivity index (χ1v) is 9.26. The molecule has 0 amide bonds. The Morgan fingerprint density at radius 2 is 1.58 bits per heavy atom. The molecule has 0 fully saturated rings. The maximum absolute atomic E-state index is 12.8. The SMILES string of the molecule is COc1cc(S(=O)(=O)Nc2ccc3c(ccn3C)c2)cc(OC)c1OC. The fraction of sp³-hybridized carbons (Fsp3) is 0.222. The minimum Gasteiger partial charge on any atom is -0.493 e. The van der Waals surface area contributed by atoms with Gasteiger partial charge in [0.25, 0.3) is 10.0 Å². The Morgan fingerprint density at radius 1 is 0.923 bits per heavy atom. The number of aromatic nitrogens is 1. The second kappa shape index (κ2) is 6.80. The van der Waals surface area contributed by atoms with Gasteiger partial charge in [-0.05, 0) is 24.3 Å². The largest absolute Gasteiger partial charge is 0.493 e. The van der Waals surface area contributed by atoms with Crippen LogP contribution in [0.25, 0.3) is 10.9 Å². The van der Waals surface area contributed by atoms with Crippen molar-refractivity contribution in [3.8, 4) is 17.2 Å². The van der Waals surface area contributed by atoms with Crippen LogP contribution in [0, 0.1) is 0 Å². The van der Waals surface area contributed by atoms with Crippen molar-refractivity contribution in [3.05, 3.63) is 42.6 Å². The van der Waals surface area contributed by atoms with E-state index in [1.54, 1.807) is 12.1 Å². The van der Waals surface area contributed by atoms with Crippen LogP contribution in [0.4, 0.5) is 5.69 Å². The highest BCUT2D eigenvalue weighted by atomic mass is 32.2. The molecule has 0 bridgehead atoms. The maximum atomic E-state index is 12.8. The molecule has 0 radical (unpaired) electrons. The minimum absolute atomic E-state index is 0.0140. The number of nitrogens with one attached hydrogen (secondary N) is 1. The normalized spacial score (nSPS) is 11.4. The molecule has 0 saturated carbocycles. The van der Waals surface area contributed by atoms with Gasteiger partial charge in [-0.3, -0.25) is 4.72 Å². The summed E-state index contributed by atoms with van der Waals surface area (Å²) in [5.74, 6) is 0.871. The van der Waals surface area contributed by atoms with Crippen LogP contribution in [-0.4, -0.2) is 34.3 Å². The summed E-state index contributed by atoms with van der Waals surface area (Å²) in [5.41, 5.74) is 1.48. The first-order valence-electron chi connectivity index (χ1n) is 7.77. The number of fused-ring (bicyclic) bond motifs is 1. The van der Waals surface area contributed by atoms with Gasteiger partial charge in [0, 0.05) is 42.0 Å². The molecule has 0 aliphatic heterocycles. The average molecular weight is 376 g/mol. The van der Waals surface area contributed by atoms with Gasteiger partial charge >= 0.3 is 0 Å². The number of hydrogen-bond donors (Lipinski definition) is 1. The Kier molecular flexibility index (Phi) is 4.69. The molecule has 26 heavy (non-hydrogen) atoms. The van der Waals surface area contributed by atoms with E-state index in [0.717, 1.165) is 10.9 Å². The quantitative estimate of drug-likeness (QED) is 0.715. The lowest BCUT2D eigenvalue weighted by molar-refractivity contribution is 0.323. The van der Waals surface area contributed by atoms with Crippen molar-refractivity contribution in [2.45, 2.75) is 4.90 Å². The van der Waals surface area contributed by atoms with E-state index in [2.05, 4.69) is 4.72 Å². The molecule has 2 aromatic carbocycles. The van der Waals surface area contributed by atoms with Crippen LogP contribution in [0.2, 0.25) is 0 Å². The van der Waals surface area contributed by atoms with Crippen LogP contribution in [0.5, 0.6) is 17.2 Å². The summed E-state index contributed by atoms with van der Waals surface area (Å²) in [4.78, 5) is 0.0140. The van der Waals surface area contributed by atoms with Gasteiger partial charge in [0.15, 0.2) is 11.5 Å². The molecule has 0 unspecified atom stereocenters. The molecule has 7 nitrogen and oxygen atoms in total. The summed E-state index contributed by atoms with van der Waals surface area (Å²) < 4.78 is 45.9. The third kappa shape index (κ3) is 3.15. The number of benzene rings is 2. The summed E-state index contributed by atoms with van der Waals surface area (Å²) in [6, 6.07) is 10.1. The van der Waals surface area contributed by atoms with Crippen molar-refractivity contribution < 1.29 is 22.6 Å². The van der Waals surface area contributed by atoms with Gasteiger partial charge in [-0.2, -0.15) is 0 Å². The van der Waals surface area contributed by atoms with Crippen molar-refractivity contribution in [3.63, 3.8) is 0 Å². The molecule has 3 rings (SSSR count). The highest BCUT2D eigenvalue weighted by Crippen LogP contribution is 2.39. The molecule has 0 atom stereocenters. The van der Waals surface area contributed by atoms with Gasteiger partial charge in [-0.1, -0.05) is 0 Å². The zero-order chi connectivity index (χ0) is 18.9. The number of rotatable bonds is 6. The number of aryl methyl sites for hydroxylation is 1. The van der Waals surface area contributed by atoms with Gasteiger partial charge in [0.2, 0.25) is 5.75 Å². The predicted octanol–water partition coefficient (Wildman–Crippen LogP) is 3.00. The Morgan fingerprint density at radius 3 is 2.15 bits per heavy atom. The molecule has 0 aliphatic carbocycles. The molecule has 1 heterocycles. The monoisotopic (exact) mass is 376 g/mol. The number of methoxy groups -OCH3 is 3.